The Balaban J connectivity index is 0. The van der Waals surface area contributed by atoms with Crippen LogP contribution in [-0.2, 0) is 0 Å². The van der Waals surface area contributed by atoms with Crippen LogP contribution in [0.2, 0.25) is 0 Å². The third kappa shape index (κ3) is 4.11. The van der Waals surface area contributed by atoms with Gasteiger partial charge in [-0.25, -0.2) is 0 Å². The Bertz CT molecular complexity index is 400. The van der Waals surface area contributed by atoms with Crippen LogP contribution < -0.4 is 15.6 Å². The molecule has 17 heavy (non-hydrogen) atoms. The second-order valence-corrected chi connectivity index (χ2v) is 4.44. The van der Waals surface area contributed by atoms with Gasteiger partial charge in [0.2, 0.25) is 5.43 Å². The fourth-order valence-corrected chi connectivity index (χ4v) is 1.58. The Hall–Kier alpha value is -0.900. The van der Waals surface area contributed by atoms with Gasteiger partial charge in [-0.05, 0) is 13.3 Å². The first-order chi connectivity index (χ1) is 8.04. The molecule has 0 heterocycles. The summed E-state index contributed by atoms with van der Waals surface area (Å²) in [5, 5.41) is 3.19. The zero-order chi connectivity index (χ0) is 13.4. The summed E-state index contributed by atoms with van der Waals surface area (Å²) >= 11 is 4.99. The predicted octanol–water partition coefficient (Wildman–Crippen LogP) is 3.59. The highest BCUT2D eigenvalue weighted by atomic mass is 32.1. The van der Waals surface area contributed by atoms with Crippen molar-refractivity contribution < 1.29 is 1.43 Å². The molecule has 4 heteroatoms. The lowest BCUT2D eigenvalue weighted by molar-refractivity contribution is 0.937. The van der Waals surface area contributed by atoms with E-state index in [0.717, 1.165) is 30.9 Å². The molecule has 3 nitrogen and oxygen atoms in total. The third-order valence-corrected chi connectivity index (χ3v) is 2.68. The van der Waals surface area contributed by atoms with Crippen LogP contribution >= 0.6 is 12.2 Å². The van der Waals surface area contributed by atoms with Crippen molar-refractivity contribution in [1.82, 2.24) is 0 Å². The van der Waals surface area contributed by atoms with E-state index in [-0.39, 0.29) is 6.86 Å². The summed E-state index contributed by atoms with van der Waals surface area (Å²) in [6, 6.07) is 0. The van der Waals surface area contributed by atoms with E-state index in [1.165, 1.54) is 6.42 Å². The first-order valence-electron chi connectivity index (χ1n) is 6.33. The molecule has 1 rings (SSSR count). The van der Waals surface area contributed by atoms with Gasteiger partial charge in [0.1, 0.15) is 10.2 Å². The van der Waals surface area contributed by atoms with E-state index in [2.05, 4.69) is 26.1 Å². The van der Waals surface area contributed by atoms with Crippen LogP contribution in [0.5, 0.6) is 0 Å². The van der Waals surface area contributed by atoms with Gasteiger partial charge in [-0.3, -0.25) is 4.79 Å². The van der Waals surface area contributed by atoms with Crippen molar-refractivity contribution in [2.24, 2.45) is 0 Å². The van der Waals surface area contributed by atoms with Crippen LogP contribution in [0.3, 0.4) is 0 Å². The second-order valence-electron chi connectivity index (χ2n) is 4.03. The Morgan fingerprint density at radius 1 is 1.29 bits per heavy atom. The number of hydrogen-bond donors (Lipinski definition) is 1. The van der Waals surface area contributed by atoms with Gasteiger partial charge in [0.05, 0.1) is 5.69 Å². The quantitative estimate of drug-likeness (QED) is 0.818. The molecule has 0 radical (unpaired) electrons. The molecule has 0 saturated heterocycles. The molecule has 1 aromatic rings. The van der Waals surface area contributed by atoms with Gasteiger partial charge in [0.25, 0.3) is 0 Å². The molecule has 0 unspecified atom stereocenters. The lowest BCUT2D eigenvalue weighted by atomic mass is 10.2. The van der Waals surface area contributed by atoms with Crippen molar-refractivity contribution in [2.45, 2.75) is 40.5 Å². The summed E-state index contributed by atoms with van der Waals surface area (Å²) in [7, 11) is 1.91. The van der Waals surface area contributed by atoms with Crippen molar-refractivity contribution in [3.63, 3.8) is 0 Å². The van der Waals surface area contributed by atoms with Crippen molar-refractivity contribution in [3.05, 3.63) is 14.7 Å². The number of nitrogens with one attached hydrogen (secondary N) is 1. The highest BCUT2D eigenvalue weighted by Crippen LogP contribution is 2.25. The summed E-state index contributed by atoms with van der Waals surface area (Å²) in [5.74, 6) is 0. The standard InChI is InChI=1S/C10H16N2OS.C3H8.H2/c1-4-6-11-7-8(12(3)5-2)9(13)10(7)14;1-3-2;/h11H,4-6H2,1-3H3;3H2,1-2H3;1H. The van der Waals surface area contributed by atoms with Gasteiger partial charge in [-0.15, -0.1) is 0 Å². The molecule has 0 aromatic heterocycles. The fourth-order valence-electron chi connectivity index (χ4n) is 1.32. The summed E-state index contributed by atoms with van der Waals surface area (Å²) in [5.41, 5.74) is 1.60. The monoisotopic (exact) mass is 258 g/mol. The maximum atomic E-state index is 11.5. The van der Waals surface area contributed by atoms with Gasteiger partial charge in [-0.1, -0.05) is 39.4 Å². The molecule has 0 aliphatic rings. The zero-order valence-corrected chi connectivity index (χ0v) is 12.4. The van der Waals surface area contributed by atoms with E-state index in [1.807, 2.05) is 18.9 Å². The van der Waals surface area contributed by atoms with E-state index in [4.69, 9.17) is 12.2 Å². The largest absolute Gasteiger partial charge is 0.382 e. The van der Waals surface area contributed by atoms with E-state index >= 15 is 0 Å². The number of rotatable bonds is 5. The molecule has 0 atom stereocenters. The Morgan fingerprint density at radius 2 is 1.82 bits per heavy atom. The summed E-state index contributed by atoms with van der Waals surface area (Å²) in [6.07, 6.45) is 2.28. The fraction of sp³-hybridized carbons (Fsp3) is 0.692. The second kappa shape index (κ2) is 8.23. The molecule has 0 aliphatic carbocycles. The van der Waals surface area contributed by atoms with Gasteiger partial charge in [0.15, 0.2) is 0 Å². The van der Waals surface area contributed by atoms with Gasteiger partial charge in [-0.2, -0.15) is 0 Å². The van der Waals surface area contributed by atoms with Crippen LogP contribution in [0.25, 0.3) is 0 Å². The molecule has 1 N–H and O–H groups in total. The van der Waals surface area contributed by atoms with Gasteiger partial charge in [0, 0.05) is 21.6 Å². The van der Waals surface area contributed by atoms with Crippen LogP contribution in [-0.4, -0.2) is 20.1 Å². The van der Waals surface area contributed by atoms with E-state index < -0.39 is 0 Å². The molecule has 0 saturated carbocycles. The SMILES string of the molecule is CCC.CCCNc1c(N(C)CC)c(=O)c1=S.[HH]. The van der Waals surface area contributed by atoms with Crippen molar-refractivity contribution in [2.75, 3.05) is 30.4 Å². The van der Waals surface area contributed by atoms with Crippen molar-refractivity contribution in [3.8, 4) is 0 Å². The lowest BCUT2D eigenvalue weighted by Crippen LogP contribution is -2.29. The van der Waals surface area contributed by atoms with Crippen LogP contribution in [0, 0.1) is 4.51 Å². The Morgan fingerprint density at radius 3 is 2.24 bits per heavy atom. The summed E-state index contributed by atoms with van der Waals surface area (Å²) in [6.45, 7) is 10.0. The average molecular weight is 258 g/mol. The third-order valence-electron chi connectivity index (χ3n) is 2.29. The van der Waals surface area contributed by atoms with Crippen LogP contribution in [0.15, 0.2) is 4.79 Å². The Kier molecular flexibility index (Phi) is 7.79. The van der Waals surface area contributed by atoms with Crippen LogP contribution in [0.4, 0.5) is 11.4 Å². The topological polar surface area (TPSA) is 32.3 Å². The highest BCUT2D eigenvalue weighted by Gasteiger charge is 2.19. The molecular formula is C13H26N2OS. The molecular weight excluding hydrogens is 232 g/mol. The maximum absolute atomic E-state index is 11.5. The zero-order valence-electron chi connectivity index (χ0n) is 11.6. The molecule has 0 aliphatic heterocycles. The normalized spacial score (nSPS) is 9.71. The molecule has 0 fully saturated rings. The molecule has 100 valence electrons. The summed E-state index contributed by atoms with van der Waals surface area (Å²) in [4.78, 5) is 13.4. The molecule has 0 amide bonds. The molecule has 0 bridgehead atoms. The predicted molar refractivity (Wildman–Crippen MR) is 81.7 cm³/mol. The van der Waals surface area contributed by atoms with E-state index in [1.54, 1.807) is 0 Å². The average Bonchev–Trinajstić information content (AvgIpc) is 2.33. The number of nitrogens with zero attached hydrogens (tertiary/aromatic N) is 1. The van der Waals surface area contributed by atoms with Gasteiger partial charge < -0.3 is 10.2 Å². The maximum Gasteiger partial charge on any atom is 0.224 e. The van der Waals surface area contributed by atoms with Gasteiger partial charge >= 0.3 is 0 Å². The smallest absolute Gasteiger partial charge is 0.224 e. The van der Waals surface area contributed by atoms with Crippen molar-refractivity contribution >= 4 is 23.6 Å². The van der Waals surface area contributed by atoms with E-state index in [9.17, 15) is 4.79 Å². The minimum absolute atomic E-state index is 0. The number of anilines is 2. The minimum atomic E-state index is 0. The number of hydrogen-bond acceptors (Lipinski definition) is 4. The highest BCUT2D eigenvalue weighted by molar-refractivity contribution is 7.71. The molecule has 1 aromatic carbocycles. The van der Waals surface area contributed by atoms with Crippen molar-refractivity contribution in [1.29, 1.82) is 0 Å². The summed E-state index contributed by atoms with van der Waals surface area (Å²) < 4.78 is 0.453. The Labute approximate surface area is 111 Å². The van der Waals surface area contributed by atoms with Crippen LogP contribution in [0.1, 0.15) is 42.0 Å². The lowest BCUT2D eigenvalue weighted by Gasteiger charge is -2.22. The first kappa shape index (κ1) is 16.1. The minimum Gasteiger partial charge on any atom is -0.382 e. The first-order valence-corrected chi connectivity index (χ1v) is 6.74. The molecule has 0 spiro atoms. The van der Waals surface area contributed by atoms with E-state index in [0.29, 0.717) is 4.51 Å².